The van der Waals surface area contributed by atoms with Crippen LogP contribution in [0, 0.1) is 18.7 Å². The molecule has 2 heterocycles. The minimum absolute atomic E-state index is 0.0231. The lowest BCUT2D eigenvalue weighted by Crippen LogP contribution is -2.24. The molecule has 2 aromatic heterocycles. The van der Waals surface area contributed by atoms with Gasteiger partial charge in [-0.3, -0.25) is 0 Å². The summed E-state index contributed by atoms with van der Waals surface area (Å²) in [7, 11) is 0. The molecule has 9 heteroatoms. The molecule has 1 saturated carbocycles. The number of rotatable bonds is 15. The summed E-state index contributed by atoms with van der Waals surface area (Å²) >= 11 is 5.65. The zero-order valence-corrected chi connectivity index (χ0v) is 23.7. The molecule has 0 spiro atoms. The highest BCUT2D eigenvalue weighted by Crippen LogP contribution is 2.37. The lowest BCUT2D eigenvalue weighted by molar-refractivity contribution is 0.0690. The lowest BCUT2D eigenvalue weighted by Gasteiger charge is -2.14. The van der Waals surface area contributed by atoms with Crippen LogP contribution in [-0.4, -0.2) is 32.7 Å². The number of carboxylic acid groups (broad SMARTS) is 1. The van der Waals surface area contributed by atoms with E-state index in [2.05, 4.69) is 27.4 Å². The molecule has 39 heavy (non-hydrogen) atoms. The third-order valence-corrected chi connectivity index (χ3v) is 7.02. The van der Waals surface area contributed by atoms with Crippen molar-refractivity contribution < 1.29 is 18.8 Å². The predicted octanol–water partition coefficient (Wildman–Crippen LogP) is 8.19. The number of aromatic nitrogens is 3. The van der Waals surface area contributed by atoms with Gasteiger partial charge in [-0.25, -0.2) is 14.2 Å². The molecular formula is C30H40ClFN4O3. The van der Waals surface area contributed by atoms with Crippen LogP contribution in [0.3, 0.4) is 0 Å². The molecule has 0 saturated heterocycles. The molecule has 3 aromatic rings. The van der Waals surface area contributed by atoms with Crippen molar-refractivity contribution in [3.63, 3.8) is 0 Å². The third-order valence-electron chi connectivity index (χ3n) is 6.73. The number of aromatic carboxylic acids is 1. The number of nitrogens with zero attached hydrogens (tertiary/aromatic N) is 3. The second-order valence-corrected chi connectivity index (χ2v) is 10.6. The van der Waals surface area contributed by atoms with E-state index in [9.17, 15) is 9.18 Å². The summed E-state index contributed by atoms with van der Waals surface area (Å²) in [6.07, 6.45) is 14.8. The molecule has 2 N–H and O–H groups in total. The molecule has 1 aliphatic rings. The maximum Gasteiger partial charge on any atom is 0.354 e. The maximum atomic E-state index is 13.0. The third kappa shape index (κ3) is 11.0. The normalized spacial score (nSPS) is 13.5. The molecule has 0 bridgehead atoms. The number of unbranched alkanes of at least 4 members (excludes halogenated alkanes) is 7. The first-order valence-corrected chi connectivity index (χ1v) is 14.4. The first-order chi connectivity index (χ1) is 18.9. The number of hydrogen-bond donors (Lipinski definition) is 2. The molecule has 0 radical (unpaired) electrons. The Hall–Kier alpha value is -2.84. The van der Waals surface area contributed by atoms with E-state index in [1.165, 1.54) is 88.5 Å². The van der Waals surface area contributed by atoms with Gasteiger partial charge in [-0.1, -0.05) is 87.5 Å². The van der Waals surface area contributed by atoms with Crippen LogP contribution >= 0.6 is 11.6 Å². The number of halogens is 2. The Morgan fingerprint density at radius 1 is 1.10 bits per heavy atom. The van der Waals surface area contributed by atoms with Crippen molar-refractivity contribution in [3.05, 3.63) is 64.6 Å². The van der Waals surface area contributed by atoms with Gasteiger partial charge in [0, 0.05) is 12.5 Å². The van der Waals surface area contributed by atoms with Crippen molar-refractivity contribution in [2.45, 2.75) is 90.5 Å². The highest BCUT2D eigenvalue weighted by molar-refractivity contribution is 6.31. The zero-order valence-electron chi connectivity index (χ0n) is 23.0. The van der Waals surface area contributed by atoms with E-state index in [0.717, 1.165) is 24.7 Å². The zero-order chi connectivity index (χ0) is 28.0. The van der Waals surface area contributed by atoms with Crippen LogP contribution in [0.4, 0.5) is 4.39 Å². The van der Waals surface area contributed by atoms with Gasteiger partial charge >= 0.3 is 5.97 Å². The van der Waals surface area contributed by atoms with Crippen LogP contribution < -0.4 is 5.32 Å². The predicted molar refractivity (Wildman–Crippen MR) is 151 cm³/mol. The average molecular weight is 559 g/mol. The van der Waals surface area contributed by atoms with E-state index in [-0.39, 0.29) is 16.8 Å². The Balaban J connectivity index is 0.000000223. The molecule has 0 aliphatic heterocycles. The summed E-state index contributed by atoms with van der Waals surface area (Å²) in [6.45, 7) is 5.21. The molecule has 7 nitrogen and oxygen atoms in total. The minimum Gasteiger partial charge on any atom is -0.477 e. The Morgan fingerprint density at radius 2 is 1.82 bits per heavy atom. The van der Waals surface area contributed by atoms with E-state index in [0.29, 0.717) is 17.1 Å². The van der Waals surface area contributed by atoms with Crippen LogP contribution in [0.15, 0.2) is 40.9 Å². The smallest absolute Gasteiger partial charge is 0.354 e. The number of aryl methyl sites for hydroxylation is 1. The Bertz CT molecular complexity index is 1170. The van der Waals surface area contributed by atoms with Crippen LogP contribution in [0.2, 0.25) is 5.02 Å². The minimum atomic E-state index is -1.11. The first-order valence-electron chi connectivity index (χ1n) is 14.1. The summed E-state index contributed by atoms with van der Waals surface area (Å²) in [5.41, 5.74) is 0.939. The molecular weight excluding hydrogens is 519 g/mol. The van der Waals surface area contributed by atoms with Gasteiger partial charge in [0.25, 0.3) is 0 Å². The van der Waals surface area contributed by atoms with Gasteiger partial charge in [0.2, 0.25) is 5.89 Å². The van der Waals surface area contributed by atoms with E-state index in [4.69, 9.17) is 21.2 Å². The summed E-state index contributed by atoms with van der Waals surface area (Å²) in [5.74, 6) is 0.758. The van der Waals surface area contributed by atoms with Crippen molar-refractivity contribution >= 4 is 17.6 Å². The van der Waals surface area contributed by atoms with Crippen LogP contribution in [0.25, 0.3) is 11.3 Å². The van der Waals surface area contributed by atoms with Crippen molar-refractivity contribution in [1.82, 2.24) is 20.4 Å². The Morgan fingerprint density at radius 3 is 2.44 bits per heavy atom. The fourth-order valence-corrected chi connectivity index (χ4v) is 4.51. The molecule has 0 unspecified atom stereocenters. The summed E-state index contributed by atoms with van der Waals surface area (Å²) < 4.78 is 18.1. The van der Waals surface area contributed by atoms with E-state index < -0.39 is 11.8 Å². The molecule has 212 valence electrons. The average Bonchev–Trinajstić information content (AvgIpc) is 3.65. The fraction of sp³-hybridized carbons (Fsp3) is 0.533. The van der Waals surface area contributed by atoms with E-state index >= 15 is 0 Å². The number of carboxylic acids is 1. The molecule has 1 aromatic carbocycles. The molecule has 4 rings (SSSR count). The van der Waals surface area contributed by atoms with Gasteiger partial charge < -0.3 is 14.9 Å². The second kappa shape index (κ2) is 16.3. The highest BCUT2D eigenvalue weighted by Gasteiger charge is 2.28. The molecule has 1 aliphatic carbocycles. The maximum absolute atomic E-state index is 13.0. The first kappa shape index (κ1) is 30.7. The Kier molecular flexibility index (Phi) is 12.8. The van der Waals surface area contributed by atoms with E-state index in [1.54, 1.807) is 12.1 Å². The fourth-order valence-electron chi connectivity index (χ4n) is 4.33. The van der Waals surface area contributed by atoms with Gasteiger partial charge in [-0.05, 0) is 55.6 Å². The SMILES string of the molecule is CCCCCCCCCCN[C@@H](CC1CC1)c1noc(C)n1.O=C(O)c1cccc(-c2ccc(F)c(Cl)c2)n1. The van der Waals surface area contributed by atoms with Crippen molar-refractivity contribution in [3.8, 4) is 11.3 Å². The van der Waals surface area contributed by atoms with E-state index in [1.807, 2.05) is 6.92 Å². The van der Waals surface area contributed by atoms with Crippen molar-refractivity contribution in [2.75, 3.05) is 6.54 Å². The summed E-state index contributed by atoms with van der Waals surface area (Å²) in [6, 6.07) is 9.00. The summed E-state index contributed by atoms with van der Waals surface area (Å²) in [4.78, 5) is 19.1. The number of nitrogens with one attached hydrogen (secondary N) is 1. The second-order valence-electron chi connectivity index (χ2n) is 10.2. The molecule has 1 atom stereocenters. The Labute approximate surface area is 235 Å². The van der Waals surface area contributed by atoms with Crippen LogP contribution in [0.5, 0.6) is 0 Å². The van der Waals surface area contributed by atoms with Crippen molar-refractivity contribution in [1.29, 1.82) is 0 Å². The van der Waals surface area contributed by atoms with Gasteiger partial charge in [-0.2, -0.15) is 4.98 Å². The standard InChI is InChI=1S/C18H33N3O.C12H7ClFNO2/c1-3-4-5-6-7-8-9-10-13-19-17(14-16-11-12-16)18-20-15(2)22-21-18;13-8-6-7(4-5-9(8)14)10-2-1-3-11(15-10)12(16)17/h16-17,19H,3-14H2,1-2H3;1-6H,(H,16,17)/t17-;/m0./s1. The largest absolute Gasteiger partial charge is 0.477 e. The van der Waals surface area contributed by atoms with Crippen molar-refractivity contribution in [2.24, 2.45) is 5.92 Å². The van der Waals surface area contributed by atoms with Gasteiger partial charge in [0.1, 0.15) is 11.5 Å². The topological polar surface area (TPSA) is 101 Å². The molecule has 1 fully saturated rings. The quantitative estimate of drug-likeness (QED) is 0.181. The van der Waals surface area contributed by atoms with Gasteiger partial charge in [0.15, 0.2) is 5.82 Å². The lowest BCUT2D eigenvalue weighted by atomic mass is 10.1. The summed E-state index contributed by atoms with van der Waals surface area (Å²) in [5, 5.41) is 16.5. The number of carbonyl (C=O) groups is 1. The monoisotopic (exact) mass is 558 g/mol. The number of hydrogen-bond acceptors (Lipinski definition) is 6. The van der Waals surface area contributed by atoms with Gasteiger partial charge in [0.05, 0.1) is 16.8 Å². The van der Waals surface area contributed by atoms with Crippen LogP contribution in [0.1, 0.15) is 106 Å². The number of pyridine rings is 1. The van der Waals surface area contributed by atoms with Crippen LogP contribution in [-0.2, 0) is 0 Å². The van der Waals surface area contributed by atoms with Gasteiger partial charge in [-0.15, -0.1) is 0 Å². The number of benzene rings is 1. The highest BCUT2D eigenvalue weighted by atomic mass is 35.5. The molecule has 0 amide bonds.